The van der Waals surface area contributed by atoms with E-state index >= 15 is 0 Å². The molecule has 0 radical (unpaired) electrons. The summed E-state index contributed by atoms with van der Waals surface area (Å²) in [6.45, 7) is 0.503. The van der Waals surface area contributed by atoms with Gasteiger partial charge in [0.25, 0.3) is 11.8 Å². The van der Waals surface area contributed by atoms with E-state index in [1.165, 1.54) is 43.8 Å². The highest BCUT2D eigenvalue weighted by molar-refractivity contribution is 9.11. The Balaban J connectivity index is 0.000000189. The molecule has 6 nitrogen and oxygen atoms in total. The van der Waals surface area contributed by atoms with Gasteiger partial charge in [-0.05, 0) is 86.0 Å². The van der Waals surface area contributed by atoms with Gasteiger partial charge in [0.2, 0.25) is 0 Å². The molecule has 0 aliphatic rings. The predicted octanol–water partition coefficient (Wildman–Crippen LogP) is 9.08. The molecule has 6 aromatic rings. The third-order valence-electron chi connectivity index (χ3n) is 6.72. The zero-order valence-electron chi connectivity index (χ0n) is 24.1. The van der Waals surface area contributed by atoms with E-state index in [9.17, 15) is 27.9 Å². The number of carbonyl (C=O) groups is 2. The van der Waals surface area contributed by atoms with Crippen molar-refractivity contribution in [2.75, 3.05) is 13.1 Å². The van der Waals surface area contributed by atoms with Gasteiger partial charge >= 0.3 is 6.18 Å². The van der Waals surface area contributed by atoms with Gasteiger partial charge < -0.3 is 15.7 Å². The molecule has 0 spiro atoms. The summed E-state index contributed by atoms with van der Waals surface area (Å²) in [6, 6.07) is 21.0. The van der Waals surface area contributed by atoms with Crippen LogP contribution in [0.25, 0.3) is 0 Å². The number of rotatable bonds is 10. The minimum Gasteiger partial charge on any atom is -0.377 e. The van der Waals surface area contributed by atoms with Crippen LogP contribution < -0.4 is 10.6 Å². The highest BCUT2D eigenvalue weighted by atomic mass is 79.9. The summed E-state index contributed by atoms with van der Waals surface area (Å²) in [4.78, 5) is 32.3. The lowest BCUT2D eigenvalue weighted by atomic mass is 9.99. The van der Waals surface area contributed by atoms with Crippen molar-refractivity contribution in [3.63, 3.8) is 0 Å². The lowest BCUT2D eigenvalue weighted by molar-refractivity contribution is -0.141. The minimum absolute atomic E-state index is 0.0104. The first-order valence-electron chi connectivity index (χ1n) is 13.8. The van der Waals surface area contributed by atoms with Crippen LogP contribution in [-0.2, 0) is 11.8 Å². The quantitative estimate of drug-likeness (QED) is 0.129. The average Bonchev–Trinajstić information content (AvgIpc) is 3.90. The Hall–Kier alpha value is -3.18. The molecular weight excluding hydrogens is 772 g/mol. The van der Waals surface area contributed by atoms with E-state index < -0.39 is 23.4 Å². The van der Waals surface area contributed by atoms with Crippen molar-refractivity contribution in [1.29, 1.82) is 0 Å². The fourth-order valence-electron chi connectivity index (χ4n) is 4.37. The maximum atomic E-state index is 12.5. The smallest absolute Gasteiger partial charge is 0.377 e. The summed E-state index contributed by atoms with van der Waals surface area (Å²) < 4.78 is 38.6. The van der Waals surface area contributed by atoms with Crippen molar-refractivity contribution >= 4 is 84.4 Å². The lowest BCUT2D eigenvalue weighted by Crippen LogP contribution is -2.40. The monoisotopic (exact) mass is 795 g/mol. The Kier molecular flexibility index (Phi) is 11.8. The molecule has 15 heteroatoms. The van der Waals surface area contributed by atoms with Crippen LogP contribution in [0.3, 0.4) is 0 Å². The highest BCUT2D eigenvalue weighted by Crippen LogP contribution is 2.35. The number of hydrogen-bond donors (Lipinski definition) is 3. The van der Waals surface area contributed by atoms with E-state index in [2.05, 4.69) is 66.6 Å². The third-order valence-corrected chi connectivity index (χ3v) is 12.4. The topological polar surface area (TPSA) is 91.3 Å². The molecular formula is C32H25BrF3N3O3S5. The largest absolute Gasteiger partial charge is 0.433 e. The molecule has 3 N–H and O–H groups in total. The molecule has 47 heavy (non-hydrogen) atoms. The number of amides is 2. The second-order valence-electron chi connectivity index (χ2n) is 9.82. The number of thiophene rings is 5. The maximum absolute atomic E-state index is 12.5. The predicted molar refractivity (Wildman–Crippen MR) is 188 cm³/mol. The Morgan fingerprint density at radius 3 is 1.83 bits per heavy atom. The van der Waals surface area contributed by atoms with Crippen LogP contribution in [0, 0.1) is 0 Å². The number of halogens is 4. The van der Waals surface area contributed by atoms with Gasteiger partial charge in [-0.1, -0.05) is 24.3 Å². The van der Waals surface area contributed by atoms with Crippen molar-refractivity contribution in [3.05, 3.63) is 140 Å². The molecule has 0 fully saturated rings. The van der Waals surface area contributed by atoms with E-state index in [1.54, 1.807) is 46.9 Å². The summed E-state index contributed by atoms with van der Waals surface area (Å²) in [5.74, 6) is -0.390. The van der Waals surface area contributed by atoms with E-state index in [4.69, 9.17) is 0 Å². The summed E-state index contributed by atoms with van der Waals surface area (Å²) in [6.07, 6.45) is -3.69. The number of nitrogens with one attached hydrogen (secondary N) is 2. The number of nitrogens with zero attached hydrogens (tertiary/aromatic N) is 1. The van der Waals surface area contributed by atoms with Crippen LogP contribution >= 0.6 is 72.6 Å². The standard InChI is InChI=1S/C17H13F3N2O2S2.C15H12BrNOS3/c18-17(19,20)12-6-5-11(9-21-12)15(23)22-10-16(24,13-3-1-7-25-13)14-4-2-8-26-14;16-14-6-5-13(21-14)15(18)17-9-10(11-3-1-7-19-11)12-4-2-8-20-12/h1-9,24H,10H2,(H,22,23);1-8,10H,9H2,(H,17,18). The molecule has 6 rings (SSSR count). The Morgan fingerprint density at radius 1 is 0.787 bits per heavy atom. The van der Waals surface area contributed by atoms with Crippen molar-refractivity contribution < 1.29 is 27.9 Å². The Morgan fingerprint density at radius 2 is 1.38 bits per heavy atom. The molecule has 0 aliphatic heterocycles. The first kappa shape index (κ1) is 35.1. The third kappa shape index (κ3) is 9.04. The molecule has 0 bridgehead atoms. The molecule has 0 saturated carbocycles. The fourth-order valence-corrected chi connectivity index (χ4v) is 9.18. The van der Waals surface area contributed by atoms with Crippen LogP contribution in [0.15, 0.2) is 104 Å². The number of hydrogen-bond acceptors (Lipinski definition) is 9. The summed E-state index contributed by atoms with van der Waals surface area (Å²) in [5.41, 5.74) is -2.49. The highest BCUT2D eigenvalue weighted by Gasteiger charge is 2.35. The average molecular weight is 797 g/mol. The van der Waals surface area contributed by atoms with Gasteiger partial charge in [0.1, 0.15) is 11.3 Å². The number of pyridine rings is 1. The van der Waals surface area contributed by atoms with Gasteiger partial charge in [-0.3, -0.25) is 14.6 Å². The summed E-state index contributed by atoms with van der Waals surface area (Å²) >= 11 is 11.0. The lowest BCUT2D eigenvalue weighted by Gasteiger charge is -2.26. The van der Waals surface area contributed by atoms with Crippen molar-refractivity contribution in [2.45, 2.75) is 17.7 Å². The molecule has 6 heterocycles. The van der Waals surface area contributed by atoms with Crippen molar-refractivity contribution in [2.24, 2.45) is 0 Å². The number of aliphatic hydroxyl groups is 1. The van der Waals surface area contributed by atoms with Gasteiger partial charge in [-0.25, -0.2) is 0 Å². The van der Waals surface area contributed by atoms with Crippen LogP contribution in [0.1, 0.15) is 51.2 Å². The van der Waals surface area contributed by atoms with Crippen LogP contribution in [0.2, 0.25) is 0 Å². The van der Waals surface area contributed by atoms with Gasteiger partial charge in [0, 0.05) is 38.2 Å². The zero-order chi connectivity index (χ0) is 33.4. The number of alkyl halides is 3. The van der Waals surface area contributed by atoms with Crippen molar-refractivity contribution in [1.82, 2.24) is 15.6 Å². The zero-order valence-corrected chi connectivity index (χ0v) is 29.7. The molecule has 0 unspecified atom stereocenters. The first-order chi connectivity index (χ1) is 22.5. The second-order valence-corrected chi connectivity index (χ2v) is 16.1. The van der Waals surface area contributed by atoms with Crippen molar-refractivity contribution in [3.8, 4) is 0 Å². The van der Waals surface area contributed by atoms with E-state index in [0.29, 0.717) is 16.3 Å². The van der Waals surface area contributed by atoms with E-state index in [0.717, 1.165) is 27.0 Å². The SMILES string of the molecule is O=C(NCC(O)(c1cccs1)c1cccs1)c1ccc(C(F)(F)F)nc1.O=C(NCC(c1cccs1)c1cccs1)c1ccc(Br)s1. The molecule has 0 saturated heterocycles. The Labute approximate surface area is 296 Å². The molecule has 6 aromatic heterocycles. The van der Waals surface area contributed by atoms with Gasteiger partial charge in [-0.15, -0.1) is 56.7 Å². The first-order valence-corrected chi connectivity index (χ1v) is 18.9. The fraction of sp³-hybridized carbons (Fsp3) is 0.156. The maximum Gasteiger partial charge on any atom is 0.433 e. The van der Waals surface area contributed by atoms with E-state index in [-0.39, 0.29) is 23.9 Å². The van der Waals surface area contributed by atoms with Crippen LogP contribution in [-0.4, -0.2) is 35.0 Å². The minimum atomic E-state index is -4.56. The number of aromatic nitrogens is 1. The van der Waals surface area contributed by atoms with Crippen LogP contribution in [0.5, 0.6) is 0 Å². The second kappa shape index (κ2) is 15.8. The number of carbonyl (C=O) groups excluding carboxylic acids is 2. The van der Waals surface area contributed by atoms with Gasteiger partial charge in [-0.2, -0.15) is 13.2 Å². The molecule has 2 amide bonds. The van der Waals surface area contributed by atoms with E-state index in [1.807, 2.05) is 22.9 Å². The molecule has 0 aliphatic carbocycles. The molecule has 0 aromatic carbocycles. The van der Waals surface area contributed by atoms with Crippen LogP contribution in [0.4, 0.5) is 13.2 Å². The normalized spacial score (nSPS) is 11.6. The van der Waals surface area contributed by atoms with Gasteiger partial charge in [0.05, 0.1) is 20.8 Å². The Bertz CT molecular complexity index is 1770. The molecule has 244 valence electrons. The van der Waals surface area contributed by atoms with Gasteiger partial charge in [0.15, 0.2) is 0 Å². The molecule has 0 atom stereocenters. The summed E-state index contributed by atoms with van der Waals surface area (Å²) in [7, 11) is 0. The summed E-state index contributed by atoms with van der Waals surface area (Å²) in [5, 5.41) is 24.5.